The quantitative estimate of drug-likeness (QED) is 0.555. The lowest BCUT2D eigenvalue weighted by molar-refractivity contribution is -0.130. The Bertz CT molecular complexity index is 386. The van der Waals surface area contributed by atoms with Crippen molar-refractivity contribution in [3.63, 3.8) is 0 Å². The molecule has 0 unspecified atom stereocenters. The molecule has 0 N–H and O–H groups in total. The third-order valence-electron chi connectivity index (χ3n) is 2.85. The van der Waals surface area contributed by atoms with Crippen LogP contribution in [0.15, 0.2) is 35.2 Å². The molecule has 0 fully saturated rings. The van der Waals surface area contributed by atoms with Crippen LogP contribution in [0.2, 0.25) is 0 Å². The third-order valence-corrected chi connectivity index (χ3v) is 4.21. The number of benzene rings is 1. The van der Waals surface area contributed by atoms with Crippen molar-refractivity contribution in [1.82, 2.24) is 0 Å². The van der Waals surface area contributed by atoms with Crippen LogP contribution in [0.1, 0.15) is 33.6 Å². The summed E-state index contributed by atoms with van der Waals surface area (Å²) in [5, 5.41) is 0.0485. The minimum absolute atomic E-state index is 0.0237. The van der Waals surface area contributed by atoms with E-state index in [1.807, 2.05) is 30.3 Å². The molecule has 0 bridgehead atoms. The van der Waals surface area contributed by atoms with Gasteiger partial charge in [-0.2, -0.15) is 0 Å². The smallest absolute Gasteiger partial charge is 0.141 e. The molecule has 0 heterocycles. The van der Waals surface area contributed by atoms with Gasteiger partial charge in [-0.25, -0.2) is 0 Å². The van der Waals surface area contributed by atoms with E-state index < -0.39 is 5.92 Å². The van der Waals surface area contributed by atoms with E-state index in [4.69, 9.17) is 0 Å². The maximum Gasteiger partial charge on any atom is 0.141 e. The van der Waals surface area contributed by atoms with Crippen molar-refractivity contribution in [2.75, 3.05) is 0 Å². The molecule has 18 heavy (non-hydrogen) atoms. The molecule has 0 amide bonds. The Balaban J connectivity index is 2.87. The molecule has 98 valence electrons. The van der Waals surface area contributed by atoms with Crippen molar-refractivity contribution in [1.29, 1.82) is 0 Å². The van der Waals surface area contributed by atoms with Crippen LogP contribution in [0.5, 0.6) is 0 Å². The topological polar surface area (TPSA) is 34.1 Å². The van der Waals surface area contributed by atoms with Crippen LogP contribution in [0.3, 0.4) is 0 Å². The first-order valence-electron chi connectivity index (χ1n) is 6.28. The Labute approximate surface area is 113 Å². The maximum atomic E-state index is 11.7. The fraction of sp³-hybridized carbons (Fsp3) is 0.467. The average molecular weight is 264 g/mol. The van der Waals surface area contributed by atoms with E-state index in [1.165, 1.54) is 13.8 Å². The zero-order valence-corrected chi connectivity index (χ0v) is 12.0. The number of carbonyl (C=O) groups is 2. The number of thioether (sulfide) groups is 1. The Hall–Kier alpha value is -1.09. The Morgan fingerprint density at radius 3 is 2.11 bits per heavy atom. The van der Waals surface area contributed by atoms with Crippen molar-refractivity contribution >= 4 is 23.3 Å². The van der Waals surface area contributed by atoms with E-state index in [0.717, 1.165) is 17.7 Å². The summed E-state index contributed by atoms with van der Waals surface area (Å²) < 4.78 is 0. The fourth-order valence-electron chi connectivity index (χ4n) is 2.06. The first-order chi connectivity index (χ1) is 8.56. The van der Waals surface area contributed by atoms with Crippen molar-refractivity contribution in [3.8, 4) is 0 Å². The highest BCUT2D eigenvalue weighted by Gasteiger charge is 2.29. The van der Waals surface area contributed by atoms with E-state index in [0.29, 0.717) is 0 Å². The monoisotopic (exact) mass is 264 g/mol. The number of rotatable bonds is 7. The molecule has 0 saturated carbocycles. The van der Waals surface area contributed by atoms with Gasteiger partial charge >= 0.3 is 0 Å². The first kappa shape index (κ1) is 15.0. The van der Waals surface area contributed by atoms with E-state index in [1.54, 1.807) is 11.8 Å². The van der Waals surface area contributed by atoms with E-state index >= 15 is 0 Å². The van der Waals surface area contributed by atoms with Crippen LogP contribution < -0.4 is 0 Å². The van der Waals surface area contributed by atoms with Crippen LogP contribution in [-0.2, 0) is 9.59 Å². The number of Topliss-reactive ketones (excluding diaryl/α,β-unsaturated/α-hetero) is 2. The van der Waals surface area contributed by atoms with Gasteiger partial charge in [-0.05, 0) is 32.4 Å². The lowest BCUT2D eigenvalue weighted by Gasteiger charge is -2.22. The predicted molar refractivity (Wildman–Crippen MR) is 75.8 cm³/mol. The zero-order valence-electron chi connectivity index (χ0n) is 11.2. The highest BCUT2D eigenvalue weighted by Crippen LogP contribution is 2.32. The molecule has 1 atom stereocenters. The highest BCUT2D eigenvalue weighted by molar-refractivity contribution is 8.00. The second-order valence-corrected chi connectivity index (χ2v) is 5.77. The third kappa shape index (κ3) is 4.30. The molecule has 2 nitrogen and oxygen atoms in total. The van der Waals surface area contributed by atoms with Gasteiger partial charge in [-0.15, -0.1) is 11.8 Å². The summed E-state index contributed by atoms with van der Waals surface area (Å²) in [6.45, 7) is 5.11. The summed E-state index contributed by atoms with van der Waals surface area (Å²) in [6.07, 6.45) is 1.85. The molecule has 0 radical (unpaired) electrons. The highest BCUT2D eigenvalue weighted by atomic mass is 32.2. The molecular formula is C15H20O2S. The lowest BCUT2D eigenvalue weighted by Crippen LogP contribution is -2.30. The molecule has 1 aromatic rings. The van der Waals surface area contributed by atoms with Crippen molar-refractivity contribution in [2.24, 2.45) is 5.92 Å². The molecule has 1 rings (SSSR count). The van der Waals surface area contributed by atoms with Crippen LogP contribution >= 0.6 is 11.8 Å². The summed E-state index contributed by atoms with van der Waals surface area (Å²) >= 11 is 1.64. The Morgan fingerprint density at radius 1 is 1.11 bits per heavy atom. The molecule has 1 aromatic carbocycles. The van der Waals surface area contributed by atoms with Gasteiger partial charge in [0.1, 0.15) is 11.6 Å². The summed E-state index contributed by atoms with van der Waals surface area (Å²) in [5.41, 5.74) is 0. The standard InChI is InChI=1S/C15H20O2S/c1-4-8-14(15(11(2)16)12(3)17)18-13-9-6-5-7-10-13/h5-7,9-10,14-15H,4,8H2,1-3H3/t14-/m0/s1. The van der Waals surface area contributed by atoms with Gasteiger partial charge in [0.2, 0.25) is 0 Å². The summed E-state index contributed by atoms with van der Waals surface area (Å²) in [7, 11) is 0. The molecule has 0 aromatic heterocycles. The molecule has 0 saturated heterocycles. The fourth-order valence-corrected chi connectivity index (χ4v) is 3.60. The Kier molecular flexibility index (Phi) is 6.13. The van der Waals surface area contributed by atoms with E-state index in [2.05, 4.69) is 6.92 Å². The maximum absolute atomic E-state index is 11.7. The molecule has 3 heteroatoms. The average Bonchev–Trinajstić information content (AvgIpc) is 2.29. The van der Waals surface area contributed by atoms with Gasteiger partial charge in [0, 0.05) is 10.1 Å². The summed E-state index contributed by atoms with van der Waals surface area (Å²) in [5.74, 6) is -0.524. The second kappa shape index (κ2) is 7.37. The Morgan fingerprint density at radius 2 is 1.67 bits per heavy atom. The zero-order chi connectivity index (χ0) is 13.5. The van der Waals surface area contributed by atoms with Gasteiger partial charge in [-0.1, -0.05) is 31.5 Å². The SMILES string of the molecule is CCC[C@H](Sc1ccccc1)C(C(C)=O)C(C)=O. The van der Waals surface area contributed by atoms with Crippen LogP contribution in [0, 0.1) is 5.92 Å². The second-order valence-electron chi connectivity index (χ2n) is 4.46. The van der Waals surface area contributed by atoms with Crippen LogP contribution in [-0.4, -0.2) is 16.8 Å². The molecule has 0 spiro atoms. The van der Waals surface area contributed by atoms with Gasteiger partial charge in [-0.3, -0.25) is 9.59 Å². The van der Waals surface area contributed by atoms with Crippen LogP contribution in [0.25, 0.3) is 0 Å². The predicted octanol–water partition coefficient (Wildman–Crippen LogP) is 3.74. The summed E-state index contributed by atoms with van der Waals surface area (Å²) in [4.78, 5) is 24.4. The van der Waals surface area contributed by atoms with Gasteiger partial charge in [0.05, 0.1) is 5.92 Å². The first-order valence-corrected chi connectivity index (χ1v) is 7.16. The van der Waals surface area contributed by atoms with E-state index in [-0.39, 0.29) is 16.8 Å². The molecule has 0 aliphatic heterocycles. The number of hydrogen-bond acceptors (Lipinski definition) is 3. The number of ketones is 2. The van der Waals surface area contributed by atoms with Crippen molar-refractivity contribution in [3.05, 3.63) is 30.3 Å². The minimum atomic E-state index is -0.477. The summed E-state index contributed by atoms with van der Waals surface area (Å²) in [6, 6.07) is 9.95. The number of hydrogen-bond donors (Lipinski definition) is 0. The van der Waals surface area contributed by atoms with Crippen LogP contribution in [0.4, 0.5) is 0 Å². The van der Waals surface area contributed by atoms with Crippen molar-refractivity contribution < 1.29 is 9.59 Å². The molecular weight excluding hydrogens is 244 g/mol. The molecule has 0 aliphatic rings. The van der Waals surface area contributed by atoms with Gasteiger partial charge in [0.15, 0.2) is 0 Å². The minimum Gasteiger partial charge on any atom is -0.299 e. The molecule has 0 aliphatic carbocycles. The number of carbonyl (C=O) groups excluding carboxylic acids is 2. The van der Waals surface area contributed by atoms with Gasteiger partial charge < -0.3 is 0 Å². The van der Waals surface area contributed by atoms with Gasteiger partial charge in [0.25, 0.3) is 0 Å². The normalized spacial score (nSPS) is 12.4. The largest absolute Gasteiger partial charge is 0.299 e. The van der Waals surface area contributed by atoms with Crippen molar-refractivity contribution in [2.45, 2.75) is 43.8 Å². The lowest BCUT2D eigenvalue weighted by atomic mass is 9.94. The van der Waals surface area contributed by atoms with E-state index in [9.17, 15) is 9.59 Å².